The third-order valence-electron chi connectivity index (χ3n) is 4.82. The normalized spacial score (nSPS) is 20.8. The SMILES string of the molecule is Cc1cc([C@H]2CCCN2S(=O)(=O)c2cc3c(cc2Cl)CCC(=O)N3)on1. The number of carbonyl (C=O) groups excluding carboxylic acids is 1. The van der Waals surface area contributed by atoms with Gasteiger partial charge in [-0.05, 0) is 43.9 Å². The number of anilines is 1. The lowest BCUT2D eigenvalue weighted by Crippen LogP contribution is -2.31. The van der Waals surface area contributed by atoms with Crippen molar-refractivity contribution in [3.8, 4) is 0 Å². The molecule has 2 aromatic rings. The van der Waals surface area contributed by atoms with E-state index in [1.165, 1.54) is 10.4 Å². The second-order valence-electron chi connectivity index (χ2n) is 6.63. The number of nitrogens with one attached hydrogen (secondary N) is 1. The van der Waals surface area contributed by atoms with Gasteiger partial charge in [0.2, 0.25) is 15.9 Å². The van der Waals surface area contributed by atoms with Crippen molar-refractivity contribution in [1.82, 2.24) is 9.46 Å². The quantitative estimate of drug-likeness (QED) is 0.862. The minimum Gasteiger partial charge on any atom is -0.359 e. The molecule has 1 fully saturated rings. The van der Waals surface area contributed by atoms with E-state index in [9.17, 15) is 13.2 Å². The first-order valence-corrected chi connectivity index (χ1v) is 10.3. The van der Waals surface area contributed by atoms with Gasteiger partial charge in [-0.3, -0.25) is 4.79 Å². The smallest absolute Gasteiger partial charge is 0.245 e. The van der Waals surface area contributed by atoms with Crippen molar-refractivity contribution >= 4 is 33.2 Å². The first kappa shape index (κ1) is 17.5. The van der Waals surface area contributed by atoms with Gasteiger partial charge in [0.1, 0.15) is 4.90 Å². The van der Waals surface area contributed by atoms with Crippen LogP contribution in [0.15, 0.2) is 27.6 Å². The zero-order chi connectivity index (χ0) is 18.5. The number of benzene rings is 1. The van der Waals surface area contributed by atoms with Crippen LogP contribution in [-0.2, 0) is 21.2 Å². The van der Waals surface area contributed by atoms with Gasteiger partial charge in [-0.15, -0.1) is 0 Å². The molecule has 9 heteroatoms. The van der Waals surface area contributed by atoms with Gasteiger partial charge < -0.3 is 9.84 Å². The van der Waals surface area contributed by atoms with Crippen molar-refractivity contribution in [1.29, 1.82) is 0 Å². The Morgan fingerprint density at radius 3 is 2.85 bits per heavy atom. The third-order valence-corrected chi connectivity index (χ3v) is 7.19. The van der Waals surface area contributed by atoms with Crippen LogP contribution in [0.5, 0.6) is 0 Å². The fraction of sp³-hybridized carbons (Fsp3) is 0.412. The largest absolute Gasteiger partial charge is 0.359 e. The molecule has 2 aliphatic rings. The highest BCUT2D eigenvalue weighted by atomic mass is 35.5. The number of fused-ring (bicyclic) bond motifs is 1. The highest BCUT2D eigenvalue weighted by Crippen LogP contribution is 2.40. The fourth-order valence-corrected chi connectivity index (χ4v) is 5.77. The first-order chi connectivity index (χ1) is 12.4. The molecule has 1 saturated heterocycles. The van der Waals surface area contributed by atoms with Crippen molar-refractivity contribution in [2.45, 2.75) is 43.5 Å². The van der Waals surface area contributed by atoms with Gasteiger partial charge in [0.15, 0.2) is 5.76 Å². The second kappa shape index (κ2) is 6.37. The summed E-state index contributed by atoms with van der Waals surface area (Å²) in [5, 5.41) is 6.76. The van der Waals surface area contributed by atoms with Crippen LogP contribution in [0.1, 0.15) is 42.3 Å². The van der Waals surface area contributed by atoms with Gasteiger partial charge in [0.05, 0.1) is 16.8 Å². The maximum absolute atomic E-state index is 13.3. The van der Waals surface area contributed by atoms with Crippen molar-refractivity contribution in [2.24, 2.45) is 0 Å². The lowest BCUT2D eigenvalue weighted by Gasteiger charge is -2.24. The van der Waals surface area contributed by atoms with E-state index < -0.39 is 16.1 Å². The first-order valence-electron chi connectivity index (χ1n) is 8.43. The monoisotopic (exact) mass is 395 g/mol. The van der Waals surface area contributed by atoms with E-state index in [1.54, 1.807) is 19.1 Å². The van der Waals surface area contributed by atoms with Crippen molar-refractivity contribution in [3.63, 3.8) is 0 Å². The summed E-state index contributed by atoms with van der Waals surface area (Å²) in [7, 11) is -3.85. The number of aromatic nitrogens is 1. The number of hydrogen-bond donors (Lipinski definition) is 1. The van der Waals surface area contributed by atoms with Crippen LogP contribution in [0.25, 0.3) is 0 Å². The predicted molar refractivity (Wildman–Crippen MR) is 95.5 cm³/mol. The number of halogens is 1. The Morgan fingerprint density at radius 2 is 2.12 bits per heavy atom. The van der Waals surface area contributed by atoms with Gasteiger partial charge in [-0.2, -0.15) is 4.31 Å². The molecule has 1 aromatic carbocycles. The zero-order valence-corrected chi connectivity index (χ0v) is 15.7. The Hall–Kier alpha value is -1.90. The standard InChI is InChI=1S/C17H18ClN3O4S/c1-10-7-15(25-20-10)14-3-2-6-21(14)26(23,24)16-9-13-11(8-12(16)18)4-5-17(22)19-13/h7-9,14H,2-6H2,1H3,(H,19,22)/t14-/m1/s1. The van der Waals surface area contributed by atoms with Crippen LogP contribution in [0.3, 0.4) is 0 Å². The zero-order valence-electron chi connectivity index (χ0n) is 14.2. The summed E-state index contributed by atoms with van der Waals surface area (Å²) in [6.45, 7) is 2.18. The molecule has 3 heterocycles. The maximum Gasteiger partial charge on any atom is 0.245 e. The van der Waals surface area contributed by atoms with E-state index in [1.807, 2.05) is 0 Å². The number of hydrogen-bond acceptors (Lipinski definition) is 5. The van der Waals surface area contributed by atoms with Gasteiger partial charge in [-0.25, -0.2) is 8.42 Å². The summed E-state index contributed by atoms with van der Waals surface area (Å²) in [6.07, 6.45) is 2.30. The van der Waals surface area contributed by atoms with Crippen molar-refractivity contribution in [2.75, 3.05) is 11.9 Å². The number of amides is 1. The molecule has 1 N–H and O–H groups in total. The lowest BCUT2D eigenvalue weighted by atomic mass is 10.0. The molecular weight excluding hydrogens is 378 g/mol. The molecular formula is C17H18ClN3O4S. The summed E-state index contributed by atoms with van der Waals surface area (Å²) in [4.78, 5) is 11.6. The van der Waals surface area contributed by atoms with Gasteiger partial charge in [-0.1, -0.05) is 16.8 Å². The molecule has 0 spiro atoms. The average molecular weight is 396 g/mol. The van der Waals surface area contributed by atoms with Crippen molar-refractivity contribution < 1.29 is 17.7 Å². The molecule has 138 valence electrons. The fourth-order valence-electron chi connectivity index (χ4n) is 3.56. The highest BCUT2D eigenvalue weighted by molar-refractivity contribution is 7.89. The maximum atomic E-state index is 13.3. The van der Waals surface area contributed by atoms with E-state index in [0.29, 0.717) is 42.9 Å². The number of sulfonamides is 1. The Morgan fingerprint density at radius 1 is 1.31 bits per heavy atom. The summed E-state index contributed by atoms with van der Waals surface area (Å²) in [6, 6.07) is 4.45. The summed E-state index contributed by atoms with van der Waals surface area (Å²) in [5.74, 6) is 0.408. The minimum atomic E-state index is -3.85. The van der Waals surface area contributed by atoms with Crippen LogP contribution >= 0.6 is 11.6 Å². The van der Waals surface area contributed by atoms with Crippen LogP contribution in [0.4, 0.5) is 5.69 Å². The Bertz CT molecular complexity index is 986. The Kier molecular flexibility index (Phi) is 4.29. The number of nitrogens with zero attached hydrogens (tertiary/aromatic N) is 2. The molecule has 0 bridgehead atoms. The van der Waals surface area contributed by atoms with Crippen molar-refractivity contribution in [3.05, 3.63) is 40.2 Å². The third kappa shape index (κ3) is 2.91. The molecule has 1 atom stereocenters. The van der Waals surface area contributed by atoms with Gasteiger partial charge in [0.25, 0.3) is 0 Å². The second-order valence-corrected chi connectivity index (χ2v) is 8.90. The van der Waals surface area contributed by atoms with Gasteiger partial charge in [0, 0.05) is 24.7 Å². The van der Waals surface area contributed by atoms with E-state index in [4.69, 9.17) is 16.1 Å². The molecule has 1 amide bonds. The van der Waals surface area contributed by atoms with E-state index in [2.05, 4.69) is 10.5 Å². The van der Waals surface area contributed by atoms with Crippen LogP contribution in [0.2, 0.25) is 5.02 Å². The van der Waals surface area contributed by atoms with E-state index >= 15 is 0 Å². The topological polar surface area (TPSA) is 92.5 Å². The highest BCUT2D eigenvalue weighted by Gasteiger charge is 2.39. The van der Waals surface area contributed by atoms with Crippen LogP contribution in [0, 0.1) is 6.92 Å². The molecule has 4 rings (SSSR count). The molecule has 0 saturated carbocycles. The summed E-state index contributed by atoms with van der Waals surface area (Å²) >= 11 is 6.30. The predicted octanol–water partition coefficient (Wildman–Crippen LogP) is 3.05. The Balaban J connectivity index is 1.74. The van der Waals surface area contributed by atoms with Crippen LogP contribution < -0.4 is 5.32 Å². The lowest BCUT2D eigenvalue weighted by molar-refractivity contribution is -0.116. The number of aryl methyl sites for hydroxylation is 2. The number of rotatable bonds is 3. The molecule has 2 aliphatic heterocycles. The molecule has 26 heavy (non-hydrogen) atoms. The van der Waals surface area contributed by atoms with E-state index in [0.717, 1.165) is 12.0 Å². The summed E-state index contributed by atoms with van der Waals surface area (Å²) < 4.78 is 33.3. The minimum absolute atomic E-state index is 0.00301. The number of carbonyl (C=O) groups is 1. The van der Waals surface area contributed by atoms with Crippen LogP contribution in [-0.4, -0.2) is 30.3 Å². The molecule has 0 radical (unpaired) electrons. The molecule has 7 nitrogen and oxygen atoms in total. The molecule has 1 aromatic heterocycles. The van der Waals surface area contributed by atoms with E-state index in [-0.39, 0.29) is 15.8 Å². The Labute approximate surface area is 156 Å². The van der Waals surface area contributed by atoms with Gasteiger partial charge >= 0.3 is 0 Å². The summed E-state index contributed by atoms with van der Waals surface area (Å²) in [5.41, 5.74) is 2.06. The molecule has 0 unspecified atom stereocenters. The molecule has 0 aliphatic carbocycles. The average Bonchev–Trinajstić information content (AvgIpc) is 3.23.